The minimum atomic E-state index is -3.48. The van der Waals surface area contributed by atoms with Crippen molar-refractivity contribution >= 4 is 38.5 Å². The molecule has 0 radical (unpaired) electrons. The van der Waals surface area contributed by atoms with Crippen LogP contribution in [0.3, 0.4) is 0 Å². The molecule has 1 aliphatic heterocycles. The van der Waals surface area contributed by atoms with Gasteiger partial charge in [0, 0.05) is 43.3 Å². The number of rotatable bonds is 12. The van der Waals surface area contributed by atoms with Crippen LogP contribution in [0, 0.1) is 5.41 Å². The van der Waals surface area contributed by atoms with E-state index in [1.165, 1.54) is 0 Å². The van der Waals surface area contributed by atoms with Gasteiger partial charge in [0.2, 0.25) is 0 Å². The molecule has 4 rings (SSSR count). The summed E-state index contributed by atoms with van der Waals surface area (Å²) in [6.45, 7) is 5.50. The number of fused-ring (bicyclic) bond motifs is 1. The van der Waals surface area contributed by atoms with E-state index < -0.39 is 9.84 Å². The van der Waals surface area contributed by atoms with Gasteiger partial charge in [-0.25, -0.2) is 8.42 Å². The lowest BCUT2D eigenvalue weighted by atomic mass is 9.79. The highest BCUT2D eigenvalue weighted by Crippen LogP contribution is 2.46. The van der Waals surface area contributed by atoms with E-state index in [2.05, 4.69) is 30.9 Å². The highest BCUT2D eigenvalue weighted by molar-refractivity contribution is 7.91. The Labute approximate surface area is 246 Å². The summed E-state index contributed by atoms with van der Waals surface area (Å²) in [6.07, 6.45) is 5.93. The lowest BCUT2D eigenvalue weighted by Gasteiger charge is -2.37. The van der Waals surface area contributed by atoms with Gasteiger partial charge in [0.1, 0.15) is 12.4 Å². The number of benzene rings is 3. The minimum absolute atomic E-state index is 0.189. The van der Waals surface area contributed by atoms with E-state index in [1.54, 1.807) is 6.07 Å². The highest BCUT2D eigenvalue weighted by atomic mass is 35.5. The van der Waals surface area contributed by atoms with Gasteiger partial charge in [0.25, 0.3) is 0 Å². The SMILES string of the molecule is CCCCC1(CCCC)CN(c2ccc(OCc3ccc(CCl)cc3)cc2)c2cc(N(C)C)ccc2S(=O)(=O)C1. The molecule has 0 N–H and O–H groups in total. The van der Waals surface area contributed by atoms with Gasteiger partial charge in [0.15, 0.2) is 9.84 Å². The van der Waals surface area contributed by atoms with E-state index >= 15 is 0 Å². The van der Waals surface area contributed by atoms with Crippen molar-refractivity contribution in [2.24, 2.45) is 5.41 Å². The number of alkyl halides is 1. The molecule has 5 nitrogen and oxygen atoms in total. The van der Waals surface area contributed by atoms with Gasteiger partial charge in [-0.05, 0) is 66.4 Å². The average molecular weight is 583 g/mol. The largest absolute Gasteiger partial charge is 0.489 e. The van der Waals surface area contributed by atoms with Crippen LogP contribution in [0.15, 0.2) is 71.6 Å². The summed E-state index contributed by atoms with van der Waals surface area (Å²) >= 11 is 5.91. The molecule has 7 heteroatoms. The first-order valence-electron chi connectivity index (χ1n) is 14.4. The molecule has 0 atom stereocenters. The van der Waals surface area contributed by atoms with E-state index in [9.17, 15) is 8.42 Å². The Hall–Kier alpha value is -2.70. The molecule has 3 aromatic rings. The summed E-state index contributed by atoms with van der Waals surface area (Å²) < 4.78 is 34.0. The van der Waals surface area contributed by atoms with E-state index in [4.69, 9.17) is 16.3 Å². The van der Waals surface area contributed by atoms with Crippen LogP contribution >= 0.6 is 11.6 Å². The standard InChI is InChI=1S/C33H43ClN2O3S/c1-5-7-19-33(20-8-6-2)24-36(31-21-29(35(3)4)15-18-32(31)40(37,38)25-33)28-13-16-30(17-14-28)39-23-27-11-9-26(22-34)10-12-27/h9-18,21H,5-8,19-20,22-25H2,1-4H3. The second-order valence-electron chi connectivity index (χ2n) is 11.3. The van der Waals surface area contributed by atoms with Gasteiger partial charge >= 0.3 is 0 Å². The van der Waals surface area contributed by atoms with E-state index in [1.807, 2.05) is 67.5 Å². The highest BCUT2D eigenvalue weighted by Gasteiger charge is 2.42. The van der Waals surface area contributed by atoms with Gasteiger partial charge in [-0.1, -0.05) is 63.8 Å². The maximum absolute atomic E-state index is 13.9. The Balaban J connectivity index is 1.70. The Bertz CT molecular complexity index is 1350. The molecule has 0 saturated heterocycles. The van der Waals surface area contributed by atoms with Crippen molar-refractivity contribution in [1.29, 1.82) is 0 Å². The van der Waals surface area contributed by atoms with Crippen molar-refractivity contribution < 1.29 is 13.2 Å². The third-order valence-corrected chi connectivity index (χ3v) is 10.2. The molecule has 0 unspecified atom stereocenters. The molecule has 0 saturated carbocycles. The molecule has 3 aromatic carbocycles. The maximum atomic E-state index is 13.9. The first-order valence-corrected chi connectivity index (χ1v) is 16.6. The predicted molar refractivity (Wildman–Crippen MR) is 168 cm³/mol. The number of sulfone groups is 1. The Kier molecular flexibility index (Phi) is 10.1. The summed E-state index contributed by atoms with van der Waals surface area (Å²) in [5.41, 5.74) is 4.57. The second kappa shape index (κ2) is 13.3. The number of hydrogen-bond donors (Lipinski definition) is 0. The Morgan fingerprint density at radius 1 is 0.900 bits per heavy atom. The normalized spacial score (nSPS) is 15.8. The number of unbranched alkanes of at least 4 members (excludes halogenated alkanes) is 2. The second-order valence-corrected chi connectivity index (χ2v) is 13.6. The topological polar surface area (TPSA) is 49.9 Å². The summed E-state index contributed by atoms with van der Waals surface area (Å²) in [6, 6.07) is 21.9. The molecule has 0 fully saturated rings. The zero-order valence-corrected chi connectivity index (χ0v) is 25.9. The number of halogens is 1. The van der Waals surface area contributed by atoms with Gasteiger partial charge in [-0.2, -0.15) is 0 Å². The molecule has 0 aliphatic carbocycles. The summed E-state index contributed by atoms with van der Waals surface area (Å²) in [4.78, 5) is 4.69. The Morgan fingerprint density at radius 3 is 2.10 bits per heavy atom. The molecule has 0 amide bonds. The van der Waals surface area contributed by atoms with Crippen LogP contribution in [-0.4, -0.2) is 34.8 Å². The Morgan fingerprint density at radius 2 is 1.52 bits per heavy atom. The number of ether oxygens (including phenoxy) is 1. The fourth-order valence-electron chi connectivity index (χ4n) is 5.58. The average Bonchev–Trinajstić information content (AvgIpc) is 3.06. The predicted octanol–water partition coefficient (Wildman–Crippen LogP) is 8.36. The lowest BCUT2D eigenvalue weighted by molar-refractivity contribution is 0.270. The molecular formula is C33H43ClN2O3S. The molecule has 0 spiro atoms. The molecule has 1 aliphatic rings. The van der Waals surface area contributed by atoms with Crippen LogP contribution in [0.4, 0.5) is 17.1 Å². The van der Waals surface area contributed by atoms with Gasteiger partial charge in [-0.15, -0.1) is 11.6 Å². The summed E-state index contributed by atoms with van der Waals surface area (Å²) in [7, 11) is 0.495. The van der Waals surface area contributed by atoms with E-state index in [0.717, 1.165) is 72.5 Å². The van der Waals surface area contributed by atoms with Gasteiger partial charge in [-0.3, -0.25) is 0 Å². The number of hydrogen-bond acceptors (Lipinski definition) is 5. The molecule has 1 heterocycles. The van der Waals surface area contributed by atoms with Crippen LogP contribution in [-0.2, 0) is 22.3 Å². The quantitative estimate of drug-likeness (QED) is 0.201. The lowest BCUT2D eigenvalue weighted by Crippen LogP contribution is -2.38. The minimum Gasteiger partial charge on any atom is -0.489 e. The third kappa shape index (κ3) is 7.13. The zero-order valence-electron chi connectivity index (χ0n) is 24.3. The van der Waals surface area contributed by atoms with Crippen LogP contribution in [0.1, 0.15) is 63.5 Å². The van der Waals surface area contributed by atoms with Crippen molar-refractivity contribution in [2.45, 2.75) is 69.8 Å². The molecule has 0 bridgehead atoms. The zero-order chi connectivity index (χ0) is 28.8. The van der Waals surface area contributed by atoms with Crippen molar-refractivity contribution in [3.05, 3.63) is 77.9 Å². The van der Waals surface area contributed by atoms with E-state index in [0.29, 0.717) is 23.9 Å². The fraction of sp³-hybridized carbons (Fsp3) is 0.455. The number of anilines is 3. The van der Waals surface area contributed by atoms with Gasteiger partial charge in [0.05, 0.1) is 16.3 Å². The van der Waals surface area contributed by atoms with Crippen LogP contribution in [0.2, 0.25) is 0 Å². The smallest absolute Gasteiger partial charge is 0.181 e. The maximum Gasteiger partial charge on any atom is 0.181 e. The van der Waals surface area contributed by atoms with Crippen LogP contribution in [0.25, 0.3) is 0 Å². The third-order valence-electron chi connectivity index (χ3n) is 7.93. The molecule has 216 valence electrons. The van der Waals surface area contributed by atoms with Gasteiger partial charge < -0.3 is 14.5 Å². The van der Waals surface area contributed by atoms with Crippen molar-refractivity contribution in [1.82, 2.24) is 0 Å². The first kappa shape index (κ1) is 30.3. The van der Waals surface area contributed by atoms with Crippen LogP contribution in [0.5, 0.6) is 5.75 Å². The first-order chi connectivity index (χ1) is 19.2. The van der Waals surface area contributed by atoms with Crippen molar-refractivity contribution in [3.8, 4) is 5.75 Å². The van der Waals surface area contributed by atoms with Crippen molar-refractivity contribution in [3.63, 3.8) is 0 Å². The van der Waals surface area contributed by atoms with E-state index in [-0.39, 0.29) is 11.2 Å². The fourth-order valence-corrected chi connectivity index (χ4v) is 7.86. The monoisotopic (exact) mass is 582 g/mol. The summed E-state index contributed by atoms with van der Waals surface area (Å²) in [5.74, 6) is 1.46. The van der Waals surface area contributed by atoms with Crippen LogP contribution < -0.4 is 14.5 Å². The van der Waals surface area contributed by atoms with Crippen molar-refractivity contribution in [2.75, 3.05) is 36.2 Å². The number of nitrogens with zero attached hydrogens (tertiary/aromatic N) is 2. The summed E-state index contributed by atoms with van der Waals surface area (Å²) in [5, 5.41) is 0. The molecular weight excluding hydrogens is 540 g/mol. The molecule has 40 heavy (non-hydrogen) atoms. The molecule has 0 aromatic heterocycles.